The number of halogens is 1. The highest BCUT2D eigenvalue weighted by Gasteiger charge is 2.46. The lowest BCUT2D eigenvalue weighted by Crippen LogP contribution is -2.54. The summed E-state index contributed by atoms with van der Waals surface area (Å²) in [5.74, 6) is -4.03. The number of carbonyl (C=O) groups is 6. The molecule has 0 bridgehead atoms. The van der Waals surface area contributed by atoms with E-state index in [4.69, 9.17) is 9.73 Å². The number of aromatic nitrogens is 1. The van der Waals surface area contributed by atoms with Gasteiger partial charge in [0.2, 0.25) is 11.8 Å². The number of rotatable bonds is 10. The van der Waals surface area contributed by atoms with E-state index in [9.17, 15) is 28.8 Å². The Labute approximate surface area is 343 Å². The normalized spacial score (nSPS) is 20.8. The molecule has 5 aliphatic rings. The first-order chi connectivity index (χ1) is 29.1. The fourth-order valence-corrected chi connectivity index (χ4v) is 8.71. The van der Waals surface area contributed by atoms with Gasteiger partial charge in [-0.2, -0.15) is 0 Å². The minimum Gasteiger partial charge on any atom is -0.369 e. The van der Waals surface area contributed by atoms with Crippen LogP contribution in [-0.2, 0) is 25.7 Å². The molecule has 2 saturated heterocycles. The van der Waals surface area contributed by atoms with E-state index in [-0.39, 0.29) is 53.9 Å². The molecule has 4 aromatic rings. The lowest BCUT2D eigenvalue weighted by atomic mass is 10.0. The monoisotopic (exact) mass is 812 g/mol. The third-order valence-electron chi connectivity index (χ3n) is 11.9. The van der Waals surface area contributed by atoms with Crippen LogP contribution < -0.4 is 15.5 Å². The Morgan fingerprint density at radius 2 is 1.70 bits per heavy atom. The zero-order chi connectivity index (χ0) is 41.7. The Morgan fingerprint density at radius 1 is 0.933 bits per heavy atom. The minimum absolute atomic E-state index is 0.00685. The van der Waals surface area contributed by atoms with Crippen molar-refractivity contribution in [3.05, 3.63) is 129 Å². The highest BCUT2D eigenvalue weighted by Crippen LogP contribution is 2.40. The molecule has 0 aliphatic carbocycles. The molecule has 1 aromatic heterocycles. The molecule has 3 N–H and O–H groups in total. The molecule has 15 nitrogen and oxygen atoms in total. The molecule has 3 atom stereocenters. The number of benzene rings is 3. The van der Waals surface area contributed by atoms with Gasteiger partial charge in [-0.15, -0.1) is 0 Å². The largest absolute Gasteiger partial charge is 0.369 e. The summed E-state index contributed by atoms with van der Waals surface area (Å²) in [6.07, 6.45) is 2.82. The number of fused-ring (bicyclic) bond motifs is 1. The molecule has 2 unspecified atom stereocenters. The predicted molar refractivity (Wildman–Crippen MR) is 217 cm³/mol. The number of amides is 6. The number of hydrogen-bond acceptors (Lipinski definition) is 10. The lowest BCUT2D eigenvalue weighted by molar-refractivity contribution is -0.141. The molecule has 0 spiro atoms. The Morgan fingerprint density at radius 3 is 2.43 bits per heavy atom. The molecule has 5 aliphatic heterocycles. The van der Waals surface area contributed by atoms with Crippen molar-refractivity contribution in [2.24, 2.45) is 4.99 Å². The van der Waals surface area contributed by atoms with Gasteiger partial charge < -0.3 is 24.8 Å². The maximum absolute atomic E-state index is 15.8. The van der Waals surface area contributed by atoms with E-state index >= 15 is 4.39 Å². The van der Waals surface area contributed by atoms with Gasteiger partial charge in [-0.25, -0.2) is 4.39 Å². The van der Waals surface area contributed by atoms with Crippen LogP contribution in [0.15, 0.2) is 95.1 Å². The van der Waals surface area contributed by atoms with Crippen LogP contribution in [0.2, 0.25) is 0 Å². The van der Waals surface area contributed by atoms with Gasteiger partial charge in [0.15, 0.2) is 6.10 Å². The van der Waals surface area contributed by atoms with Gasteiger partial charge in [0.25, 0.3) is 23.6 Å². The number of imide groups is 2. The first-order valence-corrected chi connectivity index (χ1v) is 19.8. The smallest absolute Gasteiger partial charge is 0.265 e. The summed E-state index contributed by atoms with van der Waals surface area (Å²) >= 11 is 0. The van der Waals surface area contributed by atoms with Gasteiger partial charge in [0.1, 0.15) is 17.9 Å². The number of piperidine rings is 1. The van der Waals surface area contributed by atoms with E-state index in [2.05, 4.69) is 25.4 Å². The second-order valence-corrected chi connectivity index (χ2v) is 15.4. The van der Waals surface area contributed by atoms with E-state index in [0.29, 0.717) is 50.5 Å². The van der Waals surface area contributed by atoms with Crippen LogP contribution in [-0.4, -0.2) is 114 Å². The summed E-state index contributed by atoms with van der Waals surface area (Å²) in [6, 6.07) is 19.9. The molecule has 0 saturated carbocycles. The van der Waals surface area contributed by atoms with Crippen LogP contribution in [0.5, 0.6) is 0 Å². The molecular formula is C44H41FN8O7. The summed E-state index contributed by atoms with van der Waals surface area (Å²) in [7, 11) is 1.53. The fraction of sp³-hybridized carbons (Fsp3) is 0.295. The third-order valence-corrected chi connectivity index (χ3v) is 11.9. The molecule has 3 aromatic carbocycles. The predicted octanol–water partition coefficient (Wildman–Crippen LogP) is 3.78. The van der Waals surface area contributed by atoms with Crippen LogP contribution in [0.4, 0.5) is 15.8 Å². The summed E-state index contributed by atoms with van der Waals surface area (Å²) in [6.45, 7) is 3.50. The van der Waals surface area contributed by atoms with Gasteiger partial charge >= 0.3 is 0 Å². The number of hydrogen-bond donors (Lipinski definition) is 3. The Bertz CT molecular complexity index is 2490. The summed E-state index contributed by atoms with van der Waals surface area (Å²) in [5, 5.41) is 5.18. The van der Waals surface area contributed by atoms with Gasteiger partial charge in [-0.3, -0.25) is 48.9 Å². The van der Waals surface area contributed by atoms with Crippen molar-refractivity contribution in [1.82, 2.24) is 25.0 Å². The van der Waals surface area contributed by atoms with Crippen LogP contribution >= 0.6 is 0 Å². The number of aromatic amines is 1. The first kappa shape index (κ1) is 38.7. The van der Waals surface area contributed by atoms with Crippen LogP contribution in [0.3, 0.4) is 0 Å². The zero-order valence-electron chi connectivity index (χ0n) is 32.7. The second-order valence-electron chi connectivity index (χ2n) is 15.4. The van der Waals surface area contributed by atoms with E-state index in [1.54, 1.807) is 35.5 Å². The molecule has 16 heteroatoms. The highest BCUT2D eigenvalue weighted by atomic mass is 19.1. The van der Waals surface area contributed by atoms with Crippen molar-refractivity contribution in [2.45, 2.75) is 37.6 Å². The van der Waals surface area contributed by atoms with Crippen molar-refractivity contribution < 1.29 is 37.9 Å². The molecule has 6 amide bonds. The average molecular weight is 813 g/mol. The molecule has 2 fully saturated rings. The standard InChI is InChI=1S/C44H41FN8O7/c1-60-39(25-5-3-2-4-6-25)44(59)52-23-28-21-47-37(31(28)24-52)38-32(15-16-46-38)48-40(55)26-7-10-29(11-8-26)51-19-17-50(18-20-51)22-27-9-12-30-35(36(27)45)43(58)53(42(30)57)33-13-14-34(54)49-41(33)56/h2-12,15-16,21,33,37,39,46H,13-14,17-20,22-24H2,1H3,(H,48,55)(H,49,54,56)/t33?,37?,39-/m1/s1. The Hall–Kier alpha value is -6.78. The number of methoxy groups -OCH3 is 1. The molecular weight excluding hydrogens is 772 g/mol. The van der Waals surface area contributed by atoms with Crippen molar-refractivity contribution in [3.63, 3.8) is 0 Å². The van der Waals surface area contributed by atoms with E-state index in [0.717, 1.165) is 33.0 Å². The third kappa shape index (κ3) is 6.96. The molecule has 6 heterocycles. The summed E-state index contributed by atoms with van der Waals surface area (Å²) in [5.41, 5.74) is 5.33. The van der Waals surface area contributed by atoms with Crippen LogP contribution in [0, 0.1) is 5.82 Å². The number of anilines is 2. The summed E-state index contributed by atoms with van der Waals surface area (Å²) < 4.78 is 21.4. The second kappa shape index (κ2) is 15.8. The number of H-pyrrole nitrogens is 1. The fourth-order valence-electron chi connectivity index (χ4n) is 8.71. The number of carbonyl (C=O) groups excluding carboxylic acids is 6. The van der Waals surface area contributed by atoms with Gasteiger partial charge in [0, 0.05) is 88.6 Å². The Kier molecular flexibility index (Phi) is 10.2. The topological polar surface area (TPSA) is 177 Å². The quantitative estimate of drug-likeness (QED) is 0.201. The number of nitrogens with zero attached hydrogens (tertiary/aromatic N) is 5. The molecule has 306 valence electrons. The number of ether oxygens (including phenoxy) is 1. The van der Waals surface area contributed by atoms with E-state index < -0.39 is 41.6 Å². The molecule has 60 heavy (non-hydrogen) atoms. The van der Waals surface area contributed by atoms with Crippen molar-refractivity contribution in [3.8, 4) is 0 Å². The van der Waals surface area contributed by atoms with E-state index in [1.165, 1.54) is 19.2 Å². The van der Waals surface area contributed by atoms with Crippen LogP contribution in [0.1, 0.15) is 72.9 Å². The van der Waals surface area contributed by atoms with Crippen LogP contribution in [0.25, 0.3) is 0 Å². The minimum atomic E-state index is -1.17. The van der Waals surface area contributed by atoms with Crippen molar-refractivity contribution in [2.75, 3.05) is 56.6 Å². The SMILES string of the molecule is CO[C@@H](C(=O)N1CC2=C(C1)C(c1[nH]ccc1NC(=O)c1ccc(N3CCN(Cc4ccc5c(c4F)C(=O)N(C4CCC(=O)NC4=O)C5=O)CC3)cc1)N=C2)c1ccccc1. The number of piperazine rings is 1. The maximum atomic E-state index is 15.8. The molecule has 0 radical (unpaired) electrons. The van der Waals surface area contributed by atoms with Gasteiger partial charge in [-0.1, -0.05) is 36.4 Å². The highest BCUT2D eigenvalue weighted by molar-refractivity contribution is 6.23. The van der Waals surface area contributed by atoms with Crippen molar-refractivity contribution in [1.29, 1.82) is 0 Å². The summed E-state index contributed by atoms with van der Waals surface area (Å²) in [4.78, 5) is 92.1. The first-order valence-electron chi connectivity index (χ1n) is 19.8. The molecule has 9 rings (SSSR count). The maximum Gasteiger partial charge on any atom is 0.265 e. The van der Waals surface area contributed by atoms with E-state index in [1.807, 2.05) is 42.5 Å². The van der Waals surface area contributed by atoms with Gasteiger partial charge in [-0.05, 0) is 59.5 Å². The van der Waals surface area contributed by atoms with Crippen molar-refractivity contribution >= 4 is 53.0 Å². The average Bonchev–Trinajstić information content (AvgIpc) is 4.04. The number of nitrogens with one attached hydrogen (secondary N) is 3. The lowest BCUT2D eigenvalue weighted by Gasteiger charge is -2.36. The Balaban J connectivity index is 0.789. The zero-order valence-corrected chi connectivity index (χ0v) is 32.7. The van der Waals surface area contributed by atoms with Gasteiger partial charge in [0.05, 0.1) is 22.5 Å². The number of aliphatic imine (C=N–C) groups is 1.